The van der Waals surface area contributed by atoms with Gasteiger partial charge in [-0.25, -0.2) is 4.98 Å². The molecule has 0 radical (unpaired) electrons. The summed E-state index contributed by atoms with van der Waals surface area (Å²) in [4.78, 5) is 4.44. The molecule has 0 bridgehead atoms. The maximum absolute atomic E-state index is 4.44. The number of nitrogens with one attached hydrogen (secondary N) is 2. The van der Waals surface area contributed by atoms with Gasteiger partial charge in [0.25, 0.3) is 0 Å². The number of rotatable bonds is 4. The fourth-order valence-electron chi connectivity index (χ4n) is 3.12. The van der Waals surface area contributed by atoms with Gasteiger partial charge < -0.3 is 5.32 Å². The van der Waals surface area contributed by atoms with E-state index in [1.807, 2.05) is 13.0 Å². The van der Waals surface area contributed by atoms with E-state index in [0.29, 0.717) is 0 Å². The van der Waals surface area contributed by atoms with E-state index in [1.165, 1.54) is 38.5 Å². The first-order valence-electron chi connectivity index (χ1n) is 8.05. The minimum absolute atomic E-state index is 0.775. The zero-order valence-corrected chi connectivity index (χ0v) is 12.7. The maximum atomic E-state index is 4.44. The molecule has 4 heteroatoms. The largest absolute Gasteiger partial charge is 0.384 e. The van der Waals surface area contributed by atoms with Crippen LogP contribution in [0.25, 0.3) is 11.4 Å². The third-order valence-corrected chi connectivity index (χ3v) is 4.32. The van der Waals surface area contributed by atoms with Crippen LogP contribution in [0.4, 0.5) is 5.69 Å². The molecular weight excluding hydrogens is 260 g/mol. The van der Waals surface area contributed by atoms with Crippen LogP contribution in [0.5, 0.6) is 0 Å². The van der Waals surface area contributed by atoms with Crippen LogP contribution in [0.3, 0.4) is 0 Å². The zero-order valence-electron chi connectivity index (χ0n) is 12.7. The van der Waals surface area contributed by atoms with Crippen molar-refractivity contribution in [1.29, 1.82) is 0 Å². The molecule has 1 saturated carbocycles. The number of aryl methyl sites for hydroxylation is 1. The van der Waals surface area contributed by atoms with Gasteiger partial charge in [0.05, 0.1) is 0 Å². The number of hydrogen-bond donors (Lipinski definition) is 2. The molecule has 0 atom stereocenters. The van der Waals surface area contributed by atoms with Crippen molar-refractivity contribution in [3.63, 3.8) is 0 Å². The Kier molecular flexibility index (Phi) is 4.53. The molecule has 0 saturated heterocycles. The van der Waals surface area contributed by atoms with Crippen molar-refractivity contribution in [3.05, 3.63) is 30.1 Å². The summed E-state index contributed by atoms with van der Waals surface area (Å²) in [6.07, 6.45) is 8.29. The number of nitrogens with zero attached hydrogens (tertiary/aromatic N) is 2. The Morgan fingerprint density at radius 1 is 1.14 bits per heavy atom. The van der Waals surface area contributed by atoms with Gasteiger partial charge in [-0.2, -0.15) is 5.10 Å². The summed E-state index contributed by atoms with van der Waals surface area (Å²) in [7, 11) is 0. The molecule has 1 aromatic heterocycles. The molecule has 2 N–H and O–H groups in total. The number of anilines is 1. The molecule has 2 aromatic rings. The molecule has 0 spiro atoms. The van der Waals surface area contributed by atoms with Crippen molar-refractivity contribution >= 4 is 5.69 Å². The average Bonchev–Trinajstić information content (AvgIpc) is 2.78. The number of aromatic nitrogens is 3. The summed E-state index contributed by atoms with van der Waals surface area (Å²) in [5.41, 5.74) is 2.22. The van der Waals surface area contributed by atoms with Crippen molar-refractivity contribution in [2.45, 2.75) is 45.4 Å². The van der Waals surface area contributed by atoms with Gasteiger partial charge >= 0.3 is 0 Å². The standard InChI is InChI=1S/C17H24N4/c1-13-19-17(21-20-13)15-10-6-7-11-16(15)18-12-14-8-4-2-3-5-9-14/h6-7,10-11,14,18H,2-5,8-9,12H2,1H3,(H,19,20,21). The van der Waals surface area contributed by atoms with E-state index in [0.717, 1.165) is 35.4 Å². The Hall–Kier alpha value is -1.84. The Bertz CT molecular complexity index is 568. The summed E-state index contributed by atoms with van der Waals surface area (Å²) in [6, 6.07) is 8.31. The highest BCUT2D eigenvalue weighted by Crippen LogP contribution is 2.27. The van der Waals surface area contributed by atoms with Gasteiger partial charge in [0.2, 0.25) is 0 Å². The van der Waals surface area contributed by atoms with Gasteiger partial charge in [-0.3, -0.25) is 5.10 Å². The predicted molar refractivity (Wildman–Crippen MR) is 86.2 cm³/mol. The highest BCUT2D eigenvalue weighted by Gasteiger charge is 2.14. The minimum Gasteiger partial charge on any atom is -0.384 e. The summed E-state index contributed by atoms with van der Waals surface area (Å²) in [5, 5.41) is 10.8. The summed E-state index contributed by atoms with van der Waals surface area (Å²) in [6.45, 7) is 2.98. The van der Waals surface area contributed by atoms with Gasteiger partial charge in [0, 0.05) is 17.8 Å². The number of para-hydroxylation sites is 1. The van der Waals surface area contributed by atoms with E-state index < -0.39 is 0 Å². The highest BCUT2D eigenvalue weighted by atomic mass is 15.2. The van der Waals surface area contributed by atoms with Gasteiger partial charge in [-0.1, -0.05) is 37.8 Å². The molecular formula is C17H24N4. The molecule has 4 nitrogen and oxygen atoms in total. The Balaban J connectivity index is 1.70. The van der Waals surface area contributed by atoms with Gasteiger partial charge in [0.15, 0.2) is 5.82 Å². The second-order valence-electron chi connectivity index (χ2n) is 6.03. The third-order valence-electron chi connectivity index (χ3n) is 4.32. The van der Waals surface area contributed by atoms with Crippen molar-refractivity contribution < 1.29 is 0 Å². The quantitative estimate of drug-likeness (QED) is 0.829. The molecule has 1 aromatic carbocycles. The fraction of sp³-hybridized carbons (Fsp3) is 0.529. The van der Waals surface area contributed by atoms with Crippen LogP contribution in [0, 0.1) is 12.8 Å². The molecule has 1 fully saturated rings. The van der Waals surface area contributed by atoms with Crippen LogP contribution in [-0.2, 0) is 0 Å². The number of hydrogen-bond acceptors (Lipinski definition) is 3. The highest BCUT2D eigenvalue weighted by molar-refractivity contribution is 5.73. The lowest BCUT2D eigenvalue weighted by atomic mass is 10.00. The monoisotopic (exact) mass is 284 g/mol. The molecule has 0 amide bonds. The van der Waals surface area contributed by atoms with Crippen LogP contribution < -0.4 is 5.32 Å². The predicted octanol–water partition coefficient (Wildman–Crippen LogP) is 4.16. The molecule has 21 heavy (non-hydrogen) atoms. The van der Waals surface area contributed by atoms with E-state index in [1.54, 1.807) is 0 Å². The molecule has 1 aliphatic rings. The summed E-state index contributed by atoms with van der Waals surface area (Å²) >= 11 is 0. The molecule has 0 unspecified atom stereocenters. The number of aromatic amines is 1. The zero-order chi connectivity index (χ0) is 14.5. The lowest BCUT2D eigenvalue weighted by Gasteiger charge is -2.17. The van der Waals surface area contributed by atoms with Crippen molar-refractivity contribution in [2.75, 3.05) is 11.9 Å². The van der Waals surface area contributed by atoms with Crippen LogP contribution >= 0.6 is 0 Å². The molecule has 0 aliphatic heterocycles. The summed E-state index contributed by atoms with van der Waals surface area (Å²) < 4.78 is 0. The van der Waals surface area contributed by atoms with E-state index in [-0.39, 0.29) is 0 Å². The lowest BCUT2D eigenvalue weighted by Crippen LogP contribution is -2.14. The van der Waals surface area contributed by atoms with E-state index >= 15 is 0 Å². The fourth-order valence-corrected chi connectivity index (χ4v) is 3.12. The smallest absolute Gasteiger partial charge is 0.183 e. The first-order chi connectivity index (χ1) is 10.3. The van der Waals surface area contributed by atoms with Gasteiger partial charge in [0.1, 0.15) is 5.82 Å². The van der Waals surface area contributed by atoms with Crippen molar-refractivity contribution in [3.8, 4) is 11.4 Å². The SMILES string of the molecule is Cc1nc(-c2ccccc2NCC2CCCCCC2)n[nH]1. The van der Waals surface area contributed by atoms with E-state index in [9.17, 15) is 0 Å². The third kappa shape index (κ3) is 3.63. The molecule has 1 aliphatic carbocycles. The first kappa shape index (κ1) is 14.1. The van der Waals surface area contributed by atoms with Crippen LogP contribution in [0.1, 0.15) is 44.3 Å². The minimum atomic E-state index is 0.775. The number of H-pyrrole nitrogens is 1. The second-order valence-corrected chi connectivity index (χ2v) is 6.03. The maximum Gasteiger partial charge on any atom is 0.183 e. The van der Waals surface area contributed by atoms with Crippen molar-refractivity contribution in [1.82, 2.24) is 15.2 Å². The Labute approximate surface area is 126 Å². The van der Waals surface area contributed by atoms with E-state index in [4.69, 9.17) is 0 Å². The molecule has 112 valence electrons. The first-order valence-corrected chi connectivity index (χ1v) is 8.05. The lowest BCUT2D eigenvalue weighted by molar-refractivity contribution is 0.483. The number of benzene rings is 1. The molecule has 1 heterocycles. The van der Waals surface area contributed by atoms with Crippen LogP contribution in [-0.4, -0.2) is 21.7 Å². The van der Waals surface area contributed by atoms with Crippen LogP contribution in [0.15, 0.2) is 24.3 Å². The Morgan fingerprint density at radius 3 is 2.62 bits per heavy atom. The summed E-state index contributed by atoms with van der Waals surface area (Å²) in [5.74, 6) is 2.43. The molecule has 3 rings (SSSR count). The van der Waals surface area contributed by atoms with Crippen molar-refractivity contribution in [2.24, 2.45) is 5.92 Å². The topological polar surface area (TPSA) is 53.6 Å². The van der Waals surface area contributed by atoms with E-state index in [2.05, 4.69) is 38.7 Å². The Morgan fingerprint density at radius 2 is 1.90 bits per heavy atom. The second kappa shape index (κ2) is 6.74. The normalized spacial score (nSPS) is 16.6. The average molecular weight is 284 g/mol. The van der Waals surface area contributed by atoms with Gasteiger partial charge in [-0.05, 0) is 37.8 Å². The van der Waals surface area contributed by atoms with Gasteiger partial charge in [-0.15, -0.1) is 0 Å². The van der Waals surface area contributed by atoms with Crippen LogP contribution in [0.2, 0.25) is 0 Å².